The summed E-state index contributed by atoms with van der Waals surface area (Å²) in [5.41, 5.74) is 1.68. The summed E-state index contributed by atoms with van der Waals surface area (Å²) in [5, 5.41) is 19.0. The minimum Gasteiger partial charge on any atom is -0.493 e. The Balaban J connectivity index is 2.01. The summed E-state index contributed by atoms with van der Waals surface area (Å²) in [6, 6.07) is 16.3. The van der Waals surface area contributed by atoms with E-state index in [0.29, 0.717) is 17.8 Å². The van der Waals surface area contributed by atoms with Crippen LogP contribution in [0, 0.1) is 0 Å². The molecule has 0 aliphatic carbocycles. The molecule has 1 heterocycles. The highest BCUT2D eigenvalue weighted by Crippen LogP contribution is 2.38. The van der Waals surface area contributed by atoms with Gasteiger partial charge in [0.1, 0.15) is 0 Å². The van der Waals surface area contributed by atoms with Crippen molar-refractivity contribution in [3.8, 4) is 5.88 Å². The molecule has 0 spiro atoms. The number of para-hydroxylation sites is 1. The molecule has 0 radical (unpaired) electrons. The van der Waals surface area contributed by atoms with Gasteiger partial charge in [0, 0.05) is 17.5 Å². The lowest BCUT2D eigenvalue weighted by Crippen LogP contribution is -1.94. The van der Waals surface area contributed by atoms with Crippen LogP contribution >= 0.6 is 0 Å². The molecule has 0 saturated heterocycles. The van der Waals surface area contributed by atoms with E-state index in [1.54, 1.807) is 28.8 Å². The molecule has 3 rings (SSSR count). The number of hydrogen-bond acceptors (Lipinski definition) is 3. The van der Waals surface area contributed by atoms with Gasteiger partial charge in [0.15, 0.2) is 5.69 Å². The lowest BCUT2D eigenvalue weighted by Gasteiger charge is -2.03. The van der Waals surface area contributed by atoms with Crippen LogP contribution in [0.15, 0.2) is 64.8 Å². The van der Waals surface area contributed by atoms with Crippen molar-refractivity contribution in [1.29, 1.82) is 0 Å². The standard InChI is InChI=1S/C18H17N3O2/c1-2-12-21-15-11-7-6-10-14(15)16(18(21)23)19-20-17(22)13-8-4-3-5-9-13/h3-11,23H,2,12H2,1H3. The number of aromatic hydroxyl groups is 1. The largest absolute Gasteiger partial charge is 0.493 e. The van der Waals surface area contributed by atoms with E-state index < -0.39 is 5.91 Å². The Morgan fingerprint density at radius 1 is 1.09 bits per heavy atom. The topological polar surface area (TPSA) is 66.9 Å². The Morgan fingerprint density at radius 3 is 2.52 bits per heavy atom. The Bertz CT molecular complexity index is 867. The number of aryl methyl sites for hydroxylation is 1. The maximum atomic E-state index is 12.0. The first-order valence-corrected chi connectivity index (χ1v) is 7.53. The van der Waals surface area contributed by atoms with Gasteiger partial charge in [-0.3, -0.25) is 4.79 Å². The van der Waals surface area contributed by atoms with Crippen LogP contribution in [-0.2, 0) is 6.54 Å². The SMILES string of the molecule is CCCn1c(O)c(N=NC(=O)c2ccccc2)c2ccccc21. The number of benzene rings is 2. The van der Waals surface area contributed by atoms with Gasteiger partial charge in [-0.1, -0.05) is 43.3 Å². The van der Waals surface area contributed by atoms with E-state index in [4.69, 9.17) is 0 Å². The number of fused-ring (bicyclic) bond motifs is 1. The van der Waals surface area contributed by atoms with Crippen molar-refractivity contribution in [3.05, 3.63) is 60.2 Å². The molecule has 0 bridgehead atoms. The maximum Gasteiger partial charge on any atom is 0.295 e. The predicted octanol–water partition coefficient (Wildman–Crippen LogP) is 4.68. The molecule has 1 N–H and O–H groups in total. The molecule has 5 heteroatoms. The average molecular weight is 307 g/mol. The summed E-state index contributed by atoms with van der Waals surface area (Å²) < 4.78 is 1.79. The first kappa shape index (κ1) is 15.0. The number of amides is 1. The molecule has 0 aliphatic rings. The predicted molar refractivity (Wildman–Crippen MR) is 89.2 cm³/mol. The molecule has 2 aromatic carbocycles. The first-order chi connectivity index (χ1) is 11.2. The van der Waals surface area contributed by atoms with Crippen molar-refractivity contribution in [2.45, 2.75) is 19.9 Å². The first-order valence-electron chi connectivity index (χ1n) is 7.53. The molecular weight excluding hydrogens is 290 g/mol. The number of azo groups is 1. The Kier molecular flexibility index (Phi) is 4.19. The fourth-order valence-corrected chi connectivity index (χ4v) is 2.55. The third-order valence-electron chi connectivity index (χ3n) is 3.63. The number of hydrogen-bond donors (Lipinski definition) is 1. The van der Waals surface area contributed by atoms with Crippen molar-refractivity contribution in [2.24, 2.45) is 10.2 Å². The zero-order valence-electron chi connectivity index (χ0n) is 12.8. The van der Waals surface area contributed by atoms with E-state index in [2.05, 4.69) is 10.2 Å². The normalized spacial score (nSPS) is 11.3. The van der Waals surface area contributed by atoms with E-state index >= 15 is 0 Å². The van der Waals surface area contributed by atoms with Gasteiger partial charge in [-0.05, 0) is 24.6 Å². The van der Waals surface area contributed by atoms with Crippen LogP contribution in [0.5, 0.6) is 5.88 Å². The van der Waals surface area contributed by atoms with Crippen LogP contribution < -0.4 is 0 Å². The number of rotatable bonds is 4. The van der Waals surface area contributed by atoms with Gasteiger partial charge in [-0.2, -0.15) is 0 Å². The van der Waals surface area contributed by atoms with Gasteiger partial charge in [-0.25, -0.2) is 0 Å². The smallest absolute Gasteiger partial charge is 0.295 e. The molecule has 0 fully saturated rings. The van der Waals surface area contributed by atoms with E-state index in [1.807, 2.05) is 37.3 Å². The van der Waals surface area contributed by atoms with E-state index in [-0.39, 0.29) is 5.88 Å². The minimum absolute atomic E-state index is 0.0395. The molecule has 23 heavy (non-hydrogen) atoms. The van der Waals surface area contributed by atoms with Crippen LogP contribution in [0.3, 0.4) is 0 Å². The maximum absolute atomic E-state index is 12.0. The molecule has 1 aromatic heterocycles. The third-order valence-corrected chi connectivity index (χ3v) is 3.63. The van der Waals surface area contributed by atoms with Gasteiger partial charge < -0.3 is 9.67 Å². The number of carbonyl (C=O) groups excluding carboxylic acids is 1. The lowest BCUT2D eigenvalue weighted by molar-refractivity contribution is 0.0995. The van der Waals surface area contributed by atoms with E-state index in [9.17, 15) is 9.90 Å². The highest BCUT2D eigenvalue weighted by molar-refractivity contribution is 5.97. The fourth-order valence-electron chi connectivity index (χ4n) is 2.55. The lowest BCUT2D eigenvalue weighted by atomic mass is 10.2. The molecule has 1 amide bonds. The number of nitrogens with zero attached hydrogens (tertiary/aromatic N) is 3. The number of aromatic nitrogens is 1. The summed E-state index contributed by atoms with van der Waals surface area (Å²) in [5.74, 6) is -0.394. The molecule has 0 atom stereocenters. The average Bonchev–Trinajstić information content (AvgIpc) is 2.86. The Morgan fingerprint density at radius 2 is 1.78 bits per heavy atom. The monoisotopic (exact) mass is 307 g/mol. The van der Waals surface area contributed by atoms with Gasteiger partial charge in [0.2, 0.25) is 5.88 Å². The van der Waals surface area contributed by atoms with Gasteiger partial charge in [-0.15, -0.1) is 10.2 Å². The van der Waals surface area contributed by atoms with Crippen molar-refractivity contribution in [1.82, 2.24) is 4.57 Å². The van der Waals surface area contributed by atoms with Crippen LogP contribution in [0.4, 0.5) is 5.69 Å². The summed E-state index contributed by atoms with van der Waals surface area (Å²) in [6.45, 7) is 2.71. The molecule has 3 aromatic rings. The molecule has 116 valence electrons. The quantitative estimate of drug-likeness (QED) is 0.711. The van der Waals surface area contributed by atoms with Crippen LogP contribution in [0.2, 0.25) is 0 Å². The van der Waals surface area contributed by atoms with Gasteiger partial charge in [0.25, 0.3) is 5.91 Å². The molecule has 0 aliphatic heterocycles. The second-order valence-electron chi connectivity index (χ2n) is 5.21. The van der Waals surface area contributed by atoms with Crippen LogP contribution in [0.25, 0.3) is 10.9 Å². The van der Waals surface area contributed by atoms with Crippen LogP contribution in [-0.4, -0.2) is 15.6 Å². The van der Waals surface area contributed by atoms with Crippen molar-refractivity contribution in [2.75, 3.05) is 0 Å². The Labute approximate surface area is 133 Å². The zero-order chi connectivity index (χ0) is 16.2. The number of carbonyl (C=O) groups is 1. The Hall–Kier alpha value is -2.95. The van der Waals surface area contributed by atoms with Gasteiger partial charge >= 0.3 is 0 Å². The minimum atomic E-state index is -0.433. The van der Waals surface area contributed by atoms with Gasteiger partial charge in [0.05, 0.1) is 5.52 Å². The molecule has 0 saturated carbocycles. The summed E-state index contributed by atoms with van der Waals surface area (Å²) in [7, 11) is 0. The highest BCUT2D eigenvalue weighted by Gasteiger charge is 2.16. The molecule has 5 nitrogen and oxygen atoms in total. The van der Waals surface area contributed by atoms with Crippen molar-refractivity contribution < 1.29 is 9.90 Å². The van der Waals surface area contributed by atoms with Crippen LogP contribution in [0.1, 0.15) is 23.7 Å². The second-order valence-corrected chi connectivity index (χ2v) is 5.21. The van der Waals surface area contributed by atoms with E-state index in [1.165, 1.54) is 0 Å². The zero-order valence-corrected chi connectivity index (χ0v) is 12.8. The summed E-state index contributed by atoms with van der Waals surface area (Å²) >= 11 is 0. The fraction of sp³-hybridized carbons (Fsp3) is 0.167. The molecule has 0 unspecified atom stereocenters. The third kappa shape index (κ3) is 2.85. The van der Waals surface area contributed by atoms with Crippen molar-refractivity contribution in [3.63, 3.8) is 0 Å². The highest BCUT2D eigenvalue weighted by atomic mass is 16.3. The second kappa shape index (κ2) is 6.44. The van der Waals surface area contributed by atoms with Crippen molar-refractivity contribution >= 4 is 22.5 Å². The molecular formula is C18H17N3O2. The summed E-state index contributed by atoms with van der Waals surface area (Å²) in [6.07, 6.45) is 0.881. The van der Waals surface area contributed by atoms with E-state index in [0.717, 1.165) is 17.3 Å². The summed E-state index contributed by atoms with van der Waals surface area (Å²) in [4.78, 5) is 12.0.